The lowest BCUT2D eigenvalue weighted by Gasteiger charge is -2.32. The van der Waals surface area contributed by atoms with Gasteiger partial charge in [-0.1, -0.05) is 17.7 Å². The molecule has 0 aliphatic carbocycles. The van der Waals surface area contributed by atoms with Crippen LogP contribution in [0.25, 0.3) is 0 Å². The van der Waals surface area contributed by atoms with Crippen LogP contribution in [0.5, 0.6) is 0 Å². The highest BCUT2D eigenvalue weighted by molar-refractivity contribution is 7.89. The fourth-order valence-corrected chi connectivity index (χ4v) is 5.10. The summed E-state index contributed by atoms with van der Waals surface area (Å²) in [6.07, 6.45) is -3.34. The largest absolute Gasteiger partial charge is 0.417 e. The molecule has 4 nitrogen and oxygen atoms in total. The first kappa shape index (κ1) is 18.5. The maximum absolute atomic E-state index is 13.2. The van der Waals surface area contributed by atoms with E-state index >= 15 is 0 Å². The molecule has 0 amide bonds. The summed E-state index contributed by atoms with van der Waals surface area (Å²) in [6.45, 7) is 0.997. The van der Waals surface area contributed by atoms with Gasteiger partial charge in [0.05, 0.1) is 10.6 Å². The fraction of sp³-hybridized carbons (Fsp3) is 0.571. The molecular weight excluding hydrogens is 353 g/mol. The monoisotopic (exact) mass is 370 g/mol. The van der Waals surface area contributed by atoms with Crippen LogP contribution < -0.4 is 5.32 Å². The Balaban J connectivity index is 2.44. The Labute approximate surface area is 138 Å². The number of alkyl halides is 3. The van der Waals surface area contributed by atoms with Crippen LogP contribution in [0.15, 0.2) is 23.1 Å². The summed E-state index contributed by atoms with van der Waals surface area (Å²) in [4.78, 5) is -0.848. The molecular formula is C14H18ClF3N2O2S. The Bertz CT molecular complexity index is 662. The lowest BCUT2D eigenvalue weighted by atomic mass is 10.00. The first-order valence-electron chi connectivity index (χ1n) is 7.18. The topological polar surface area (TPSA) is 49.4 Å². The van der Waals surface area contributed by atoms with Gasteiger partial charge in [0.1, 0.15) is 4.90 Å². The van der Waals surface area contributed by atoms with Gasteiger partial charge in [0.15, 0.2) is 0 Å². The van der Waals surface area contributed by atoms with Gasteiger partial charge in [-0.2, -0.15) is 17.5 Å². The van der Waals surface area contributed by atoms with Gasteiger partial charge in [0.2, 0.25) is 10.0 Å². The van der Waals surface area contributed by atoms with Crippen molar-refractivity contribution in [3.8, 4) is 0 Å². The van der Waals surface area contributed by atoms with Crippen molar-refractivity contribution in [3.63, 3.8) is 0 Å². The first-order valence-corrected chi connectivity index (χ1v) is 9.00. The quantitative estimate of drug-likeness (QED) is 0.886. The molecule has 1 atom stereocenters. The molecule has 1 saturated heterocycles. The van der Waals surface area contributed by atoms with Crippen molar-refractivity contribution in [2.24, 2.45) is 5.92 Å². The third-order valence-corrected chi connectivity index (χ3v) is 6.24. The van der Waals surface area contributed by atoms with Crippen LogP contribution in [0.4, 0.5) is 13.2 Å². The van der Waals surface area contributed by atoms with Gasteiger partial charge in [0, 0.05) is 13.1 Å². The minimum atomic E-state index is -4.78. The molecule has 130 valence electrons. The van der Waals surface area contributed by atoms with Crippen molar-refractivity contribution in [1.29, 1.82) is 0 Å². The van der Waals surface area contributed by atoms with E-state index in [0.29, 0.717) is 13.0 Å². The Morgan fingerprint density at radius 1 is 1.39 bits per heavy atom. The van der Waals surface area contributed by atoms with E-state index in [1.54, 1.807) is 7.05 Å². The fourth-order valence-electron chi connectivity index (χ4n) is 2.82. The second kappa shape index (κ2) is 6.96. The zero-order chi connectivity index (χ0) is 17.3. The minimum absolute atomic E-state index is 0.0698. The summed E-state index contributed by atoms with van der Waals surface area (Å²) in [5.41, 5.74) is -1.22. The van der Waals surface area contributed by atoms with E-state index in [4.69, 9.17) is 11.6 Å². The standard InChI is InChI=1S/C14H18ClF3N2O2S/c1-19-8-10-4-3-7-20(9-10)23(21,22)13-11(14(16,17)18)5-2-6-12(13)15/h2,5-6,10,19H,3-4,7-9H2,1H3/t10-/m0/s1. The normalized spacial score (nSPS) is 20.7. The molecule has 1 N–H and O–H groups in total. The molecule has 0 radical (unpaired) electrons. The van der Waals surface area contributed by atoms with Crippen LogP contribution in [0.2, 0.25) is 5.02 Å². The van der Waals surface area contributed by atoms with E-state index in [1.807, 2.05) is 0 Å². The average molecular weight is 371 g/mol. The number of hydrogen-bond acceptors (Lipinski definition) is 3. The number of piperidine rings is 1. The number of benzene rings is 1. The predicted molar refractivity (Wildman–Crippen MR) is 81.9 cm³/mol. The molecule has 23 heavy (non-hydrogen) atoms. The Hall–Kier alpha value is -0.830. The van der Waals surface area contributed by atoms with Crippen LogP contribution in [0.1, 0.15) is 18.4 Å². The molecule has 1 aliphatic heterocycles. The van der Waals surface area contributed by atoms with E-state index < -0.39 is 31.7 Å². The Kier molecular flexibility index (Phi) is 5.60. The average Bonchev–Trinajstić information content (AvgIpc) is 2.46. The number of sulfonamides is 1. The molecule has 2 rings (SSSR count). The van der Waals surface area contributed by atoms with Crippen molar-refractivity contribution in [2.45, 2.75) is 23.9 Å². The van der Waals surface area contributed by atoms with Crippen molar-refractivity contribution in [2.75, 3.05) is 26.7 Å². The summed E-state index contributed by atoms with van der Waals surface area (Å²) in [5.74, 6) is 0.0698. The number of halogens is 4. The highest BCUT2D eigenvalue weighted by Gasteiger charge is 2.41. The van der Waals surface area contributed by atoms with Crippen molar-refractivity contribution < 1.29 is 21.6 Å². The van der Waals surface area contributed by atoms with Gasteiger partial charge in [-0.25, -0.2) is 8.42 Å². The van der Waals surface area contributed by atoms with Gasteiger partial charge in [-0.15, -0.1) is 0 Å². The molecule has 0 aromatic heterocycles. The highest BCUT2D eigenvalue weighted by atomic mass is 35.5. The van der Waals surface area contributed by atoms with Gasteiger partial charge in [-0.3, -0.25) is 0 Å². The van der Waals surface area contributed by atoms with E-state index in [-0.39, 0.29) is 19.0 Å². The first-order chi connectivity index (χ1) is 10.7. The Morgan fingerprint density at radius 2 is 2.09 bits per heavy atom. The molecule has 1 heterocycles. The van der Waals surface area contributed by atoms with Crippen molar-refractivity contribution >= 4 is 21.6 Å². The van der Waals surface area contributed by atoms with E-state index in [1.165, 1.54) is 6.07 Å². The molecule has 9 heteroatoms. The van der Waals surface area contributed by atoms with E-state index in [9.17, 15) is 21.6 Å². The smallest absolute Gasteiger partial charge is 0.319 e. The van der Waals surface area contributed by atoms with Gasteiger partial charge in [0.25, 0.3) is 0 Å². The molecule has 1 aromatic rings. The predicted octanol–water partition coefficient (Wildman–Crippen LogP) is 2.98. The number of rotatable bonds is 4. The molecule has 0 bridgehead atoms. The zero-order valence-electron chi connectivity index (χ0n) is 12.5. The lowest BCUT2D eigenvalue weighted by Crippen LogP contribution is -2.43. The molecule has 0 spiro atoms. The minimum Gasteiger partial charge on any atom is -0.319 e. The SMILES string of the molecule is CNC[C@@H]1CCCN(S(=O)(=O)c2c(Cl)cccc2C(F)(F)F)C1. The van der Waals surface area contributed by atoms with Gasteiger partial charge >= 0.3 is 6.18 Å². The van der Waals surface area contributed by atoms with Gasteiger partial charge < -0.3 is 5.32 Å². The Morgan fingerprint density at radius 3 is 2.70 bits per heavy atom. The third-order valence-electron chi connectivity index (χ3n) is 3.84. The molecule has 0 unspecified atom stereocenters. The van der Waals surface area contributed by atoms with Crippen LogP contribution in [-0.2, 0) is 16.2 Å². The van der Waals surface area contributed by atoms with Crippen LogP contribution in [0, 0.1) is 5.92 Å². The number of hydrogen-bond donors (Lipinski definition) is 1. The third kappa shape index (κ3) is 3.99. The van der Waals surface area contributed by atoms with Crippen molar-refractivity contribution in [1.82, 2.24) is 9.62 Å². The highest BCUT2D eigenvalue weighted by Crippen LogP contribution is 2.39. The maximum atomic E-state index is 13.2. The summed E-state index contributed by atoms with van der Waals surface area (Å²) in [5, 5.41) is 2.56. The van der Waals surface area contributed by atoms with Crippen LogP contribution >= 0.6 is 11.6 Å². The summed E-state index contributed by atoms with van der Waals surface area (Å²) >= 11 is 5.82. The van der Waals surface area contributed by atoms with Gasteiger partial charge in [-0.05, 0) is 44.5 Å². The molecule has 1 fully saturated rings. The maximum Gasteiger partial charge on any atom is 0.417 e. The van der Waals surface area contributed by atoms with E-state index in [2.05, 4.69) is 5.32 Å². The molecule has 1 aromatic carbocycles. The number of nitrogens with zero attached hydrogens (tertiary/aromatic N) is 1. The second-order valence-corrected chi connectivity index (χ2v) is 7.83. The lowest BCUT2D eigenvalue weighted by molar-refractivity contribution is -0.139. The van der Waals surface area contributed by atoms with Crippen LogP contribution in [0.3, 0.4) is 0 Å². The van der Waals surface area contributed by atoms with Crippen LogP contribution in [-0.4, -0.2) is 39.4 Å². The van der Waals surface area contributed by atoms with E-state index in [0.717, 1.165) is 22.9 Å². The molecule has 0 saturated carbocycles. The summed E-state index contributed by atoms with van der Waals surface area (Å²) in [6, 6.07) is 3.01. The summed E-state index contributed by atoms with van der Waals surface area (Å²) < 4.78 is 66.1. The second-order valence-electron chi connectivity index (χ2n) is 5.54. The number of nitrogens with one attached hydrogen (secondary N) is 1. The zero-order valence-corrected chi connectivity index (χ0v) is 14.1. The summed E-state index contributed by atoms with van der Waals surface area (Å²) in [7, 11) is -2.55. The van der Waals surface area contributed by atoms with Crippen molar-refractivity contribution in [3.05, 3.63) is 28.8 Å². The molecule has 1 aliphatic rings.